The van der Waals surface area contributed by atoms with Crippen LogP contribution in [-0.4, -0.2) is 33.8 Å². The Bertz CT molecular complexity index is 525. The molecule has 3 rings (SSSR count). The smallest absolute Gasteiger partial charge is 0.306 e. The van der Waals surface area contributed by atoms with Crippen LogP contribution >= 0.6 is 0 Å². The van der Waals surface area contributed by atoms with E-state index in [9.17, 15) is 14.4 Å². The maximum Gasteiger partial charge on any atom is 0.306 e. The molecule has 0 saturated heterocycles. The number of rotatable bonds is 2. The van der Waals surface area contributed by atoms with Gasteiger partial charge in [0, 0.05) is 6.04 Å². The summed E-state index contributed by atoms with van der Waals surface area (Å²) in [7, 11) is 0. The van der Waals surface area contributed by atoms with E-state index in [4.69, 9.17) is 5.11 Å². The first-order valence-corrected chi connectivity index (χ1v) is 5.79. The van der Waals surface area contributed by atoms with Crippen molar-refractivity contribution in [2.75, 3.05) is 0 Å². The van der Waals surface area contributed by atoms with Crippen LogP contribution in [-0.2, 0) is 4.79 Å². The molecule has 0 radical (unpaired) electrons. The van der Waals surface area contributed by atoms with Crippen molar-refractivity contribution in [1.29, 1.82) is 0 Å². The minimum atomic E-state index is -0.858. The molecule has 1 N–H and O–H groups in total. The van der Waals surface area contributed by atoms with Crippen LogP contribution in [0.5, 0.6) is 0 Å². The summed E-state index contributed by atoms with van der Waals surface area (Å²) < 4.78 is 0. The predicted octanol–water partition coefficient (Wildman–Crippen LogP) is 1.15. The Labute approximate surface area is 103 Å². The minimum Gasteiger partial charge on any atom is -0.481 e. The number of aliphatic carboxylic acids is 1. The molecule has 1 aliphatic heterocycles. The number of carbonyl (C=O) groups excluding carboxylic acids is 2. The first kappa shape index (κ1) is 11.0. The fourth-order valence-corrected chi connectivity index (χ4v) is 2.54. The van der Waals surface area contributed by atoms with Crippen molar-refractivity contribution in [1.82, 2.24) is 4.90 Å². The normalized spacial score (nSPS) is 25.9. The maximum atomic E-state index is 12.1. The molecule has 0 bridgehead atoms. The van der Waals surface area contributed by atoms with Gasteiger partial charge in [0.2, 0.25) is 0 Å². The van der Waals surface area contributed by atoms with Crippen molar-refractivity contribution in [2.24, 2.45) is 5.92 Å². The molecule has 1 aliphatic carbocycles. The number of carbonyl (C=O) groups is 3. The van der Waals surface area contributed by atoms with E-state index in [-0.39, 0.29) is 17.9 Å². The number of hydrogen-bond acceptors (Lipinski definition) is 3. The lowest BCUT2D eigenvalue weighted by Gasteiger charge is -2.37. The van der Waals surface area contributed by atoms with Gasteiger partial charge in [0.1, 0.15) is 0 Å². The Hall–Kier alpha value is -2.17. The van der Waals surface area contributed by atoms with E-state index in [0.29, 0.717) is 24.0 Å². The lowest BCUT2D eigenvalue weighted by molar-refractivity contribution is -0.146. The number of benzene rings is 1. The van der Waals surface area contributed by atoms with Crippen LogP contribution in [0.4, 0.5) is 0 Å². The van der Waals surface area contributed by atoms with Crippen LogP contribution in [0.1, 0.15) is 33.6 Å². The average molecular weight is 245 g/mol. The molecule has 1 saturated carbocycles. The van der Waals surface area contributed by atoms with Gasteiger partial charge < -0.3 is 5.11 Å². The van der Waals surface area contributed by atoms with E-state index in [1.807, 2.05) is 0 Å². The highest BCUT2D eigenvalue weighted by molar-refractivity contribution is 6.21. The maximum absolute atomic E-state index is 12.1. The molecule has 1 fully saturated rings. The summed E-state index contributed by atoms with van der Waals surface area (Å²) in [6.45, 7) is 0. The largest absolute Gasteiger partial charge is 0.481 e. The topological polar surface area (TPSA) is 74.7 Å². The summed E-state index contributed by atoms with van der Waals surface area (Å²) in [5, 5.41) is 8.81. The van der Waals surface area contributed by atoms with Crippen molar-refractivity contribution in [2.45, 2.75) is 18.9 Å². The average Bonchev–Trinajstić information content (AvgIpc) is 2.53. The molecule has 0 spiro atoms. The molecule has 2 aliphatic rings. The highest BCUT2D eigenvalue weighted by Crippen LogP contribution is 2.36. The number of imide groups is 1. The van der Waals surface area contributed by atoms with Gasteiger partial charge >= 0.3 is 5.97 Å². The summed E-state index contributed by atoms with van der Waals surface area (Å²) in [5.74, 6) is -1.89. The Kier molecular flexibility index (Phi) is 2.23. The zero-order chi connectivity index (χ0) is 12.9. The number of carboxylic acids is 1. The summed E-state index contributed by atoms with van der Waals surface area (Å²) >= 11 is 0. The second-order valence-corrected chi connectivity index (χ2v) is 4.69. The van der Waals surface area contributed by atoms with E-state index in [0.717, 1.165) is 0 Å². The van der Waals surface area contributed by atoms with E-state index in [2.05, 4.69) is 0 Å². The molecule has 18 heavy (non-hydrogen) atoms. The van der Waals surface area contributed by atoms with Crippen LogP contribution in [0, 0.1) is 5.92 Å². The van der Waals surface area contributed by atoms with Crippen molar-refractivity contribution in [3.63, 3.8) is 0 Å². The molecule has 5 nitrogen and oxygen atoms in total. The van der Waals surface area contributed by atoms with E-state index in [1.165, 1.54) is 4.90 Å². The molecular formula is C13H11NO4. The van der Waals surface area contributed by atoms with Crippen molar-refractivity contribution < 1.29 is 19.5 Å². The van der Waals surface area contributed by atoms with Gasteiger partial charge in [0.25, 0.3) is 11.8 Å². The van der Waals surface area contributed by atoms with Gasteiger partial charge in [-0.1, -0.05) is 12.1 Å². The molecule has 5 heteroatoms. The quantitative estimate of drug-likeness (QED) is 0.793. The molecular weight excluding hydrogens is 234 g/mol. The molecule has 1 aromatic carbocycles. The molecule has 0 atom stereocenters. The SMILES string of the molecule is O=C1c2ccccc2C(=O)N1[C@H]1C[C@@H](C(=O)O)C1. The van der Waals surface area contributed by atoms with Gasteiger partial charge in [-0.2, -0.15) is 0 Å². The minimum absolute atomic E-state index is 0.265. The van der Waals surface area contributed by atoms with Crippen LogP contribution in [0.3, 0.4) is 0 Å². The summed E-state index contributed by atoms with van der Waals surface area (Å²) in [4.78, 5) is 36.1. The third-order valence-corrected chi connectivity index (χ3v) is 3.65. The zero-order valence-electron chi connectivity index (χ0n) is 9.50. The molecule has 1 aromatic rings. The lowest BCUT2D eigenvalue weighted by Crippen LogP contribution is -2.49. The van der Waals surface area contributed by atoms with Gasteiger partial charge in [-0.05, 0) is 25.0 Å². The third kappa shape index (κ3) is 1.37. The monoisotopic (exact) mass is 245 g/mol. The highest BCUT2D eigenvalue weighted by atomic mass is 16.4. The van der Waals surface area contributed by atoms with Gasteiger partial charge in [-0.3, -0.25) is 19.3 Å². The zero-order valence-corrected chi connectivity index (χ0v) is 9.50. The highest BCUT2D eigenvalue weighted by Gasteiger charge is 2.46. The van der Waals surface area contributed by atoms with Gasteiger partial charge in [0.05, 0.1) is 17.0 Å². The van der Waals surface area contributed by atoms with Crippen LogP contribution in [0.15, 0.2) is 24.3 Å². The first-order valence-electron chi connectivity index (χ1n) is 5.79. The Morgan fingerprint density at radius 2 is 1.61 bits per heavy atom. The molecule has 92 valence electrons. The standard InChI is InChI=1S/C13H11NO4/c15-11-9-3-1-2-4-10(9)12(16)14(11)8-5-7(6-8)13(17)18/h1-4,7-8H,5-6H2,(H,17,18)/t7-,8+. The Morgan fingerprint density at radius 3 is 2.06 bits per heavy atom. The van der Waals surface area contributed by atoms with Gasteiger partial charge in [-0.25, -0.2) is 0 Å². The van der Waals surface area contributed by atoms with Crippen LogP contribution < -0.4 is 0 Å². The second-order valence-electron chi connectivity index (χ2n) is 4.69. The van der Waals surface area contributed by atoms with E-state index < -0.39 is 11.9 Å². The second kappa shape index (κ2) is 3.66. The van der Waals surface area contributed by atoms with Crippen LogP contribution in [0.2, 0.25) is 0 Å². The Morgan fingerprint density at radius 1 is 1.11 bits per heavy atom. The summed E-state index contributed by atoms with van der Waals surface area (Å²) in [5.41, 5.74) is 0.836. The third-order valence-electron chi connectivity index (χ3n) is 3.65. The molecule has 1 heterocycles. The van der Waals surface area contributed by atoms with Gasteiger partial charge in [-0.15, -0.1) is 0 Å². The molecule has 0 aromatic heterocycles. The number of carboxylic acid groups (broad SMARTS) is 1. The van der Waals surface area contributed by atoms with E-state index in [1.54, 1.807) is 24.3 Å². The molecule has 0 unspecified atom stereocenters. The first-order chi connectivity index (χ1) is 8.59. The fraction of sp³-hybridized carbons (Fsp3) is 0.308. The van der Waals surface area contributed by atoms with Gasteiger partial charge in [0.15, 0.2) is 0 Å². The molecule has 2 amide bonds. The number of nitrogens with zero attached hydrogens (tertiary/aromatic N) is 1. The van der Waals surface area contributed by atoms with Crippen LogP contribution in [0.25, 0.3) is 0 Å². The number of fused-ring (bicyclic) bond motifs is 1. The lowest BCUT2D eigenvalue weighted by atomic mass is 9.79. The van der Waals surface area contributed by atoms with Crippen molar-refractivity contribution in [3.8, 4) is 0 Å². The van der Waals surface area contributed by atoms with Crippen molar-refractivity contribution >= 4 is 17.8 Å². The summed E-state index contributed by atoms with van der Waals surface area (Å²) in [6, 6.07) is 6.42. The number of hydrogen-bond donors (Lipinski definition) is 1. The Balaban J connectivity index is 1.84. The summed E-state index contributed by atoms with van der Waals surface area (Å²) in [6.07, 6.45) is 0.724. The van der Waals surface area contributed by atoms with Crippen molar-refractivity contribution in [3.05, 3.63) is 35.4 Å². The fourth-order valence-electron chi connectivity index (χ4n) is 2.54. The predicted molar refractivity (Wildman–Crippen MR) is 61.1 cm³/mol. The number of amides is 2. The van der Waals surface area contributed by atoms with E-state index >= 15 is 0 Å².